The highest BCUT2D eigenvalue weighted by molar-refractivity contribution is 7.98. The van der Waals surface area contributed by atoms with E-state index in [1.54, 1.807) is 13.8 Å². The van der Waals surface area contributed by atoms with E-state index in [0.29, 0.717) is 25.0 Å². The van der Waals surface area contributed by atoms with Gasteiger partial charge in [-0.3, -0.25) is 14.4 Å². The maximum Gasteiger partial charge on any atom is 0.326 e. The van der Waals surface area contributed by atoms with Gasteiger partial charge in [0.05, 0.1) is 12.1 Å². The fourth-order valence-electron chi connectivity index (χ4n) is 2.87. The second kappa shape index (κ2) is 15.1. The molecule has 0 saturated heterocycles. The third kappa shape index (κ3) is 9.74. The van der Waals surface area contributed by atoms with Gasteiger partial charge >= 0.3 is 5.97 Å². The first-order valence-electron chi connectivity index (χ1n) is 11.0. The zero-order valence-corrected chi connectivity index (χ0v) is 20.7. The van der Waals surface area contributed by atoms with Crippen LogP contribution >= 0.6 is 11.8 Å². The number of aliphatic carboxylic acids is 1. The van der Waals surface area contributed by atoms with E-state index in [-0.39, 0.29) is 11.8 Å². The van der Waals surface area contributed by atoms with E-state index in [9.17, 15) is 29.4 Å². The van der Waals surface area contributed by atoms with Crippen LogP contribution in [0.25, 0.3) is 0 Å². The molecule has 0 bridgehead atoms. The van der Waals surface area contributed by atoms with Crippen molar-refractivity contribution in [3.63, 3.8) is 0 Å². The molecule has 0 saturated carbocycles. The van der Waals surface area contributed by atoms with Crippen molar-refractivity contribution in [2.24, 2.45) is 17.6 Å². The first-order valence-corrected chi connectivity index (χ1v) is 12.4. The Labute approximate surface area is 194 Å². The number of amides is 3. The summed E-state index contributed by atoms with van der Waals surface area (Å²) in [6, 6.07) is -4.28. The minimum absolute atomic E-state index is 0.0799. The summed E-state index contributed by atoms with van der Waals surface area (Å²) in [5, 5.41) is 27.0. The zero-order chi connectivity index (χ0) is 25.0. The van der Waals surface area contributed by atoms with Gasteiger partial charge in [-0.15, -0.1) is 0 Å². The molecule has 0 aromatic carbocycles. The number of hydrogen-bond donors (Lipinski definition) is 6. The molecule has 0 heterocycles. The lowest BCUT2D eigenvalue weighted by atomic mass is 9.98. The van der Waals surface area contributed by atoms with Crippen LogP contribution in [-0.4, -0.2) is 76.2 Å². The molecule has 32 heavy (non-hydrogen) atoms. The van der Waals surface area contributed by atoms with Crippen molar-refractivity contribution in [2.75, 3.05) is 12.0 Å². The number of carbonyl (C=O) groups excluding carboxylic acids is 3. The Hall–Kier alpha value is -1.85. The summed E-state index contributed by atoms with van der Waals surface area (Å²) in [6.07, 6.45) is 2.08. The van der Waals surface area contributed by atoms with Crippen molar-refractivity contribution in [1.29, 1.82) is 0 Å². The summed E-state index contributed by atoms with van der Waals surface area (Å²) >= 11 is 1.49. The van der Waals surface area contributed by atoms with Gasteiger partial charge in [0.2, 0.25) is 17.7 Å². The van der Waals surface area contributed by atoms with E-state index >= 15 is 0 Å². The first kappa shape index (κ1) is 30.1. The third-order valence-corrected chi connectivity index (χ3v) is 6.29. The largest absolute Gasteiger partial charge is 0.480 e. The molecule has 3 amide bonds. The Morgan fingerprint density at radius 1 is 0.875 bits per heavy atom. The molecule has 186 valence electrons. The molecule has 0 aliphatic rings. The van der Waals surface area contributed by atoms with Crippen LogP contribution in [0.2, 0.25) is 0 Å². The highest BCUT2D eigenvalue weighted by Crippen LogP contribution is 2.10. The average molecular weight is 477 g/mol. The normalized spacial score (nSPS) is 17.8. The van der Waals surface area contributed by atoms with Crippen LogP contribution in [0.1, 0.15) is 53.9 Å². The molecule has 0 radical (unpaired) electrons. The van der Waals surface area contributed by atoms with Crippen LogP contribution in [0.15, 0.2) is 0 Å². The predicted octanol–water partition coefficient (Wildman–Crippen LogP) is 0.0788. The molecule has 7 unspecified atom stereocenters. The van der Waals surface area contributed by atoms with Crippen molar-refractivity contribution >= 4 is 35.5 Å². The maximum atomic E-state index is 12.9. The van der Waals surface area contributed by atoms with E-state index < -0.39 is 54.0 Å². The number of carbonyl (C=O) groups is 4. The number of thioether (sulfide) groups is 1. The molecule has 7 N–H and O–H groups in total. The predicted molar refractivity (Wildman–Crippen MR) is 125 cm³/mol. The molecule has 0 aromatic rings. The highest BCUT2D eigenvalue weighted by atomic mass is 32.2. The molecule has 0 rings (SSSR count). The first-order chi connectivity index (χ1) is 14.9. The Balaban J connectivity index is 5.45. The van der Waals surface area contributed by atoms with Crippen molar-refractivity contribution < 1.29 is 29.4 Å². The summed E-state index contributed by atoms with van der Waals surface area (Å²) in [6.45, 7) is 8.54. The second-order valence-electron chi connectivity index (χ2n) is 8.19. The zero-order valence-electron chi connectivity index (χ0n) is 19.9. The molecule has 0 aromatic heterocycles. The fraction of sp³-hybridized carbons (Fsp3) is 0.810. The molecule has 7 atom stereocenters. The standard InChI is InChI=1S/C21H40N4O6S/c1-7-11(3)15(22)19(28)23-14(9-10-32-6)18(27)25-17(13(5)26)20(29)24-16(21(30)31)12(4)8-2/h11-17,26H,7-10,22H2,1-6H3,(H,23,28)(H,24,29)(H,25,27)(H,30,31). The molecule has 0 fully saturated rings. The smallest absolute Gasteiger partial charge is 0.326 e. The summed E-state index contributed by atoms with van der Waals surface area (Å²) in [4.78, 5) is 49.6. The number of rotatable bonds is 15. The lowest BCUT2D eigenvalue weighted by molar-refractivity contribution is -0.144. The summed E-state index contributed by atoms with van der Waals surface area (Å²) in [7, 11) is 0. The quantitative estimate of drug-likeness (QED) is 0.193. The van der Waals surface area contributed by atoms with Crippen molar-refractivity contribution in [3.05, 3.63) is 0 Å². The van der Waals surface area contributed by atoms with E-state index in [4.69, 9.17) is 5.73 Å². The number of nitrogens with two attached hydrogens (primary N) is 1. The second-order valence-corrected chi connectivity index (χ2v) is 9.18. The topological polar surface area (TPSA) is 171 Å². The molecule has 11 heteroatoms. The molecule has 0 aliphatic carbocycles. The number of aliphatic hydroxyl groups is 1. The summed E-state index contributed by atoms with van der Waals surface area (Å²) in [5.41, 5.74) is 5.96. The highest BCUT2D eigenvalue weighted by Gasteiger charge is 2.34. The molecule has 0 spiro atoms. The van der Waals surface area contributed by atoms with Crippen LogP contribution in [0.4, 0.5) is 0 Å². The number of hydrogen-bond acceptors (Lipinski definition) is 7. The number of nitrogens with one attached hydrogen (secondary N) is 3. The Kier molecular flexibility index (Phi) is 14.2. The van der Waals surface area contributed by atoms with Gasteiger partial charge in [0, 0.05) is 0 Å². The van der Waals surface area contributed by atoms with Gasteiger partial charge in [-0.2, -0.15) is 11.8 Å². The van der Waals surface area contributed by atoms with Crippen molar-refractivity contribution in [2.45, 2.75) is 84.2 Å². The monoisotopic (exact) mass is 476 g/mol. The fourth-order valence-corrected chi connectivity index (χ4v) is 3.34. The van der Waals surface area contributed by atoms with E-state index in [1.165, 1.54) is 18.7 Å². The van der Waals surface area contributed by atoms with Gasteiger partial charge in [0.25, 0.3) is 0 Å². The Morgan fingerprint density at radius 3 is 1.84 bits per heavy atom. The van der Waals surface area contributed by atoms with Crippen LogP contribution in [0.3, 0.4) is 0 Å². The van der Waals surface area contributed by atoms with Gasteiger partial charge < -0.3 is 31.9 Å². The van der Waals surface area contributed by atoms with Crippen LogP contribution in [0, 0.1) is 11.8 Å². The van der Waals surface area contributed by atoms with Gasteiger partial charge in [0.1, 0.15) is 18.1 Å². The van der Waals surface area contributed by atoms with Gasteiger partial charge in [-0.05, 0) is 37.2 Å². The molecular weight excluding hydrogens is 436 g/mol. The number of carboxylic acids is 1. The maximum absolute atomic E-state index is 12.9. The van der Waals surface area contributed by atoms with E-state index in [2.05, 4.69) is 16.0 Å². The summed E-state index contributed by atoms with van der Waals surface area (Å²) in [5.74, 6) is -3.00. The average Bonchev–Trinajstić information content (AvgIpc) is 2.75. The van der Waals surface area contributed by atoms with Gasteiger partial charge in [-0.1, -0.05) is 40.5 Å². The van der Waals surface area contributed by atoms with E-state index in [0.717, 1.165) is 0 Å². The van der Waals surface area contributed by atoms with Crippen molar-refractivity contribution in [1.82, 2.24) is 16.0 Å². The molecule has 0 aliphatic heterocycles. The lowest BCUT2D eigenvalue weighted by Gasteiger charge is -2.28. The summed E-state index contributed by atoms with van der Waals surface area (Å²) < 4.78 is 0. The molecular formula is C21H40N4O6S. The van der Waals surface area contributed by atoms with Crippen LogP contribution in [0.5, 0.6) is 0 Å². The van der Waals surface area contributed by atoms with E-state index in [1.807, 2.05) is 20.1 Å². The minimum Gasteiger partial charge on any atom is -0.480 e. The molecule has 10 nitrogen and oxygen atoms in total. The lowest BCUT2D eigenvalue weighted by Crippen LogP contribution is -2.60. The van der Waals surface area contributed by atoms with Gasteiger partial charge in [-0.25, -0.2) is 4.79 Å². The SMILES string of the molecule is CCC(C)C(N)C(=O)NC(CCSC)C(=O)NC(C(=O)NC(C(=O)O)C(C)CC)C(C)O. The van der Waals surface area contributed by atoms with Crippen LogP contribution in [-0.2, 0) is 19.2 Å². The van der Waals surface area contributed by atoms with Crippen LogP contribution < -0.4 is 21.7 Å². The Morgan fingerprint density at radius 2 is 1.41 bits per heavy atom. The van der Waals surface area contributed by atoms with Gasteiger partial charge in [0.15, 0.2) is 0 Å². The third-order valence-electron chi connectivity index (χ3n) is 5.64. The number of aliphatic hydroxyl groups excluding tert-OH is 1. The minimum atomic E-state index is -1.38. The Bertz CT molecular complexity index is 633. The van der Waals surface area contributed by atoms with Crippen molar-refractivity contribution in [3.8, 4) is 0 Å². The number of carboxylic acid groups (broad SMARTS) is 1.